The number of halogens is 1. The van der Waals surface area contributed by atoms with Crippen LogP contribution >= 0.6 is 11.6 Å². The molecular weight excluding hydrogens is 388 g/mol. The van der Waals surface area contributed by atoms with Crippen molar-refractivity contribution in [2.24, 2.45) is 10.2 Å². The average molecular weight is 413 g/mol. The maximum absolute atomic E-state index is 12.8. The van der Waals surface area contributed by atoms with E-state index in [1.807, 2.05) is 42.9 Å². The van der Waals surface area contributed by atoms with Gasteiger partial charge in [-0.05, 0) is 64.3 Å². The molecule has 0 aliphatic heterocycles. The Bertz CT molecular complexity index is 1010. The monoisotopic (exact) mass is 412 g/mol. The maximum atomic E-state index is 12.8. The van der Waals surface area contributed by atoms with E-state index in [2.05, 4.69) is 15.1 Å². The van der Waals surface area contributed by atoms with Crippen LogP contribution < -0.4 is 0 Å². The Kier molecular flexibility index (Phi) is 7.01. The Balaban J connectivity index is 2.09. The third kappa shape index (κ3) is 5.02. The van der Waals surface area contributed by atoms with Gasteiger partial charge in [-0.1, -0.05) is 29.8 Å². The summed E-state index contributed by atoms with van der Waals surface area (Å²) in [6.45, 7) is 3.69. The fourth-order valence-electron chi connectivity index (χ4n) is 3.19. The van der Waals surface area contributed by atoms with Gasteiger partial charge in [0.2, 0.25) is 0 Å². The van der Waals surface area contributed by atoms with Crippen LogP contribution in [-0.2, 0) is 11.3 Å². The standard InChI is InChI=1S/C22H25ClN4O2/c1-4-29-22(28)21-20(25-24-17-12-10-16(23)11-13-17)18-8-5-6-9-19(18)27(21)15-7-14-26(2)3/h5-6,8-13H,4,7,14-15H2,1-3H3. The van der Waals surface area contributed by atoms with Crippen LogP contribution in [0.3, 0.4) is 0 Å². The van der Waals surface area contributed by atoms with Crippen LogP contribution in [0.25, 0.3) is 10.9 Å². The predicted octanol–water partition coefficient (Wildman–Crippen LogP) is 5.84. The fraction of sp³-hybridized carbons (Fsp3) is 0.318. The molecule has 3 aromatic rings. The largest absolute Gasteiger partial charge is 0.461 e. The normalized spacial score (nSPS) is 11.6. The third-order valence-electron chi connectivity index (χ3n) is 4.49. The van der Waals surface area contributed by atoms with E-state index in [0.29, 0.717) is 35.2 Å². The number of aryl methyl sites for hydroxylation is 1. The van der Waals surface area contributed by atoms with Gasteiger partial charge in [0.1, 0.15) is 5.69 Å². The summed E-state index contributed by atoms with van der Waals surface area (Å²) >= 11 is 5.94. The SMILES string of the molecule is CCOC(=O)c1c(N=Nc2ccc(Cl)cc2)c2ccccc2n1CCCN(C)C. The first-order valence-electron chi connectivity index (χ1n) is 9.61. The molecule has 0 saturated carbocycles. The van der Waals surface area contributed by atoms with Gasteiger partial charge in [-0.15, -0.1) is 5.11 Å². The third-order valence-corrected chi connectivity index (χ3v) is 4.74. The number of esters is 1. The molecule has 0 fully saturated rings. The molecule has 0 amide bonds. The molecule has 0 aliphatic rings. The number of azo groups is 1. The van der Waals surface area contributed by atoms with Gasteiger partial charge >= 0.3 is 5.97 Å². The number of nitrogens with zero attached hydrogens (tertiary/aromatic N) is 4. The lowest BCUT2D eigenvalue weighted by molar-refractivity contribution is 0.0515. The molecule has 152 valence electrons. The summed E-state index contributed by atoms with van der Waals surface area (Å²) in [4.78, 5) is 15.0. The number of benzene rings is 2. The van der Waals surface area contributed by atoms with Gasteiger partial charge in [-0.2, -0.15) is 5.11 Å². The highest BCUT2D eigenvalue weighted by molar-refractivity contribution is 6.30. The quantitative estimate of drug-likeness (QED) is 0.345. The Hall–Kier alpha value is -2.70. The molecule has 6 nitrogen and oxygen atoms in total. The summed E-state index contributed by atoms with van der Waals surface area (Å²) in [5, 5.41) is 10.3. The molecule has 0 bridgehead atoms. The summed E-state index contributed by atoms with van der Waals surface area (Å²) in [5.74, 6) is -0.390. The number of ether oxygens (including phenoxy) is 1. The van der Waals surface area contributed by atoms with Crippen LogP contribution in [0.1, 0.15) is 23.8 Å². The van der Waals surface area contributed by atoms with Gasteiger partial charge < -0.3 is 14.2 Å². The molecule has 0 saturated heterocycles. The van der Waals surface area contributed by atoms with Crippen molar-refractivity contribution in [3.63, 3.8) is 0 Å². The van der Waals surface area contributed by atoms with E-state index >= 15 is 0 Å². The van der Waals surface area contributed by atoms with Crippen LogP contribution in [0, 0.1) is 0 Å². The Morgan fingerprint density at radius 3 is 2.52 bits per heavy atom. The van der Waals surface area contributed by atoms with Crippen LogP contribution in [0.15, 0.2) is 58.8 Å². The highest BCUT2D eigenvalue weighted by Gasteiger charge is 2.24. The van der Waals surface area contributed by atoms with Crippen molar-refractivity contribution in [3.8, 4) is 0 Å². The second-order valence-electron chi connectivity index (χ2n) is 6.92. The van der Waals surface area contributed by atoms with E-state index in [4.69, 9.17) is 16.3 Å². The molecule has 0 atom stereocenters. The van der Waals surface area contributed by atoms with Gasteiger partial charge in [0, 0.05) is 17.0 Å². The lowest BCUT2D eigenvalue weighted by Gasteiger charge is -2.13. The Labute approximate surface area is 175 Å². The first kappa shape index (κ1) is 21.0. The average Bonchev–Trinajstić information content (AvgIpc) is 3.01. The van der Waals surface area contributed by atoms with Crippen LogP contribution in [-0.4, -0.2) is 42.7 Å². The highest BCUT2D eigenvalue weighted by Crippen LogP contribution is 2.35. The number of hydrogen-bond donors (Lipinski definition) is 0. The number of rotatable bonds is 8. The van der Waals surface area contributed by atoms with Crippen LogP contribution in [0.2, 0.25) is 5.02 Å². The minimum absolute atomic E-state index is 0.297. The first-order chi connectivity index (χ1) is 14.0. The summed E-state index contributed by atoms with van der Waals surface area (Å²) in [7, 11) is 4.07. The van der Waals surface area contributed by atoms with Gasteiger partial charge in [-0.25, -0.2) is 4.79 Å². The zero-order valence-electron chi connectivity index (χ0n) is 16.9. The Morgan fingerprint density at radius 1 is 1.10 bits per heavy atom. The molecule has 3 rings (SSSR count). The van der Waals surface area contributed by atoms with Crippen molar-refractivity contribution in [2.75, 3.05) is 27.2 Å². The van der Waals surface area contributed by atoms with Crippen molar-refractivity contribution in [3.05, 3.63) is 59.2 Å². The van der Waals surface area contributed by atoms with Crippen molar-refractivity contribution in [2.45, 2.75) is 19.9 Å². The van der Waals surface area contributed by atoms with E-state index in [1.54, 1.807) is 31.2 Å². The smallest absolute Gasteiger partial charge is 0.357 e. The first-order valence-corrected chi connectivity index (χ1v) is 9.99. The van der Waals surface area contributed by atoms with Gasteiger partial charge in [0.25, 0.3) is 0 Å². The number of para-hydroxylation sites is 1. The molecule has 1 heterocycles. The molecule has 29 heavy (non-hydrogen) atoms. The zero-order chi connectivity index (χ0) is 20.8. The van der Waals surface area contributed by atoms with Gasteiger partial charge in [0.15, 0.2) is 5.69 Å². The Morgan fingerprint density at radius 2 is 1.83 bits per heavy atom. The molecule has 0 unspecified atom stereocenters. The van der Waals surface area contributed by atoms with E-state index < -0.39 is 5.97 Å². The van der Waals surface area contributed by atoms with Gasteiger partial charge in [-0.3, -0.25) is 0 Å². The maximum Gasteiger partial charge on any atom is 0.357 e. The predicted molar refractivity (Wildman–Crippen MR) is 117 cm³/mol. The fourth-order valence-corrected chi connectivity index (χ4v) is 3.31. The summed E-state index contributed by atoms with van der Waals surface area (Å²) < 4.78 is 7.34. The number of carbonyl (C=O) groups is 1. The molecule has 0 radical (unpaired) electrons. The number of hydrogen-bond acceptors (Lipinski definition) is 5. The molecule has 0 spiro atoms. The van der Waals surface area contributed by atoms with Crippen molar-refractivity contribution in [1.29, 1.82) is 0 Å². The lowest BCUT2D eigenvalue weighted by Crippen LogP contribution is -2.17. The number of carbonyl (C=O) groups excluding carboxylic acids is 1. The highest BCUT2D eigenvalue weighted by atomic mass is 35.5. The summed E-state index contributed by atoms with van der Waals surface area (Å²) in [5.41, 5.74) is 2.57. The summed E-state index contributed by atoms with van der Waals surface area (Å²) in [6.07, 6.45) is 0.895. The van der Waals surface area contributed by atoms with Gasteiger partial charge in [0.05, 0.1) is 17.8 Å². The van der Waals surface area contributed by atoms with Crippen molar-refractivity contribution in [1.82, 2.24) is 9.47 Å². The van der Waals surface area contributed by atoms with Crippen molar-refractivity contribution < 1.29 is 9.53 Å². The van der Waals surface area contributed by atoms with E-state index in [0.717, 1.165) is 23.9 Å². The second kappa shape index (κ2) is 9.67. The summed E-state index contributed by atoms with van der Waals surface area (Å²) in [6, 6.07) is 14.9. The molecule has 1 aromatic heterocycles. The molecule has 0 N–H and O–H groups in total. The van der Waals surface area contributed by atoms with E-state index in [1.165, 1.54) is 0 Å². The molecule has 7 heteroatoms. The number of aromatic nitrogens is 1. The van der Waals surface area contributed by atoms with Crippen LogP contribution in [0.5, 0.6) is 0 Å². The van der Waals surface area contributed by atoms with E-state index in [9.17, 15) is 4.79 Å². The zero-order valence-corrected chi connectivity index (χ0v) is 17.7. The topological polar surface area (TPSA) is 59.2 Å². The lowest BCUT2D eigenvalue weighted by atomic mass is 10.2. The molecular formula is C22H25ClN4O2. The minimum atomic E-state index is -0.390. The second-order valence-corrected chi connectivity index (χ2v) is 7.36. The van der Waals surface area contributed by atoms with E-state index in [-0.39, 0.29) is 0 Å². The van der Waals surface area contributed by atoms with Crippen molar-refractivity contribution >= 4 is 39.8 Å². The number of fused-ring (bicyclic) bond motifs is 1. The molecule has 0 aliphatic carbocycles. The van der Waals surface area contributed by atoms with Crippen LogP contribution in [0.4, 0.5) is 11.4 Å². The molecule has 2 aromatic carbocycles. The minimum Gasteiger partial charge on any atom is -0.461 e.